The molecule has 5 nitrogen and oxygen atoms in total. The molecule has 2 aliphatic rings. The topological polar surface area (TPSA) is 48.0 Å². The Morgan fingerprint density at radius 3 is 1.72 bits per heavy atom. The number of hydrogen-bond acceptors (Lipinski definition) is 3. The van der Waals surface area contributed by atoms with E-state index in [9.17, 15) is 0 Å². The van der Waals surface area contributed by atoms with Gasteiger partial charge in [-0.05, 0) is 80.9 Å². The highest BCUT2D eigenvalue weighted by molar-refractivity contribution is 6.12. The van der Waals surface area contributed by atoms with Gasteiger partial charge in [0.05, 0.1) is 27.7 Å². The number of rotatable bonds is 3. The first-order valence-corrected chi connectivity index (χ1v) is 19.5. The fourth-order valence-corrected chi connectivity index (χ4v) is 10.1. The summed E-state index contributed by atoms with van der Waals surface area (Å²) < 4.78 is 4.29. The molecular formula is C52H31N5. The van der Waals surface area contributed by atoms with Crippen molar-refractivity contribution in [1.29, 1.82) is 0 Å². The van der Waals surface area contributed by atoms with Crippen molar-refractivity contribution in [3.05, 3.63) is 210 Å². The van der Waals surface area contributed by atoms with E-state index in [1.54, 1.807) is 0 Å². The highest BCUT2D eigenvalue weighted by Gasteiger charge is 2.51. The van der Waals surface area contributed by atoms with Crippen molar-refractivity contribution in [2.24, 2.45) is 0 Å². The van der Waals surface area contributed by atoms with E-state index in [0.29, 0.717) is 11.6 Å². The maximum atomic E-state index is 5.08. The van der Waals surface area contributed by atoms with Gasteiger partial charge in [-0.1, -0.05) is 152 Å². The molecule has 13 rings (SSSR count). The summed E-state index contributed by atoms with van der Waals surface area (Å²) in [5.74, 6) is 1.21. The highest BCUT2D eigenvalue weighted by atomic mass is 15.3. The lowest BCUT2D eigenvalue weighted by atomic mass is 9.70. The molecule has 0 aliphatic heterocycles. The number of para-hydroxylation sites is 2. The van der Waals surface area contributed by atoms with Crippen LogP contribution in [-0.4, -0.2) is 24.1 Å². The van der Waals surface area contributed by atoms with Gasteiger partial charge in [-0.25, -0.2) is 4.98 Å². The molecule has 0 saturated carbocycles. The van der Waals surface area contributed by atoms with E-state index in [0.717, 1.165) is 38.9 Å². The smallest absolute Gasteiger partial charge is 0.253 e. The zero-order valence-electron chi connectivity index (χ0n) is 30.6. The van der Waals surface area contributed by atoms with E-state index in [1.165, 1.54) is 60.8 Å². The van der Waals surface area contributed by atoms with Crippen molar-refractivity contribution in [1.82, 2.24) is 24.1 Å². The molecule has 3 aromatic heterocycles. The lowest BCUT2D eigenvalue weighted by Gasteiger charge is -2.30. The molecule has 0 radical (unpaired) electrons. The number of benzene rings is 8. The van der Waals surface area contributed by atoms with Gasteiger partial charge in [0.25, 0.3) is 5.78 Å². The summed E-state index contributed by atoms with van der Waals surface area (Å²) in [6, 6.07) is 68.0. The highest BCUT2D eigenvalue weighted by Crippen LogP contribution is 2.63. The van der Waals surface area contributed by atoms with Gasteiger partial charge in [0.15, 0.2) is 5.82 Å². The maximum Gasteiger partial charge on any atom is 0.253 e. The Morgan fingerprint density at radius 1 is 0.386 bits per heavy atom. The molecule has 0 bridgehead atoms. The summed E-state index contributed by atoms with van der Waals surface area (Å²) in [7, 11) is 0. The molecule has 3 heterocycles. The molecule has 0 saturated heterocycles. The number of fused-ring (bicyclic) bond motifs is 16. The second-order valence-electron chi connectivity index (χ2n) is 15.2. The van der Waals surface area contributed by atoms with Crippen LogP contribution in [0.15, 0.2) is 188 Å². The molecule has 57 heavy (non-hydrogen) atoms. The first-order valence-electron chi connectivity index (χ1n) is 19.5. The Bertz CT molecular complexity index is 3440. The van der Waals surface area contributed by atoms with E-state index in [2.05, 4.69) is 168 Å². The standard InChI is InChI=1S/C52H31N5/c1-2-15-32(16-3-1)49-39-23-8-13-28-47(39)57-51(53-49)54-50(55-57)33-17-14-18-34(29-33)56-46-27-12-7-22-38(46)41-30-45-40(31-48(41)56)37-21-6-11-26-44(37)52(45)42-24-9-4-19-35(42)36-20-5-10-25-43(36)52/h1-31H. The molecule has 8 aromatic carbocycles. The van der Waals surface area contributed by atoms with Gasteiger partial charge in [-0.2, -0.15) is 9.50 Å². The summed E-state index contributed by atoms with van der Waals surface area (Å²) >= 11 is 0. The van der Waals surface area contributed by atoms with Gasteiger partial charge in [0.1, 0.15) is 0 Å². The Labute approximate surface area is 327 Å². The molecule has 1 spiro atoms. The third kappa shape index (κ3) is 3.99. The van der Waals surface area contributed by atoms with Crippen LogP contribution in [0.4, 0.5) is 0 Å². The molecule has 0 N–H and O–H groups in total. The minimum Gasteiger partial charge on any atom is -0.309 e. The Kier molecular flexibility index (Phi) is 6.04. The summed E-state index contributed by atoms with van der Waals surface area (Å²) in [5.41, 5.74) is 17.4. The average Bonchev–Trinajstić information content (AvgIpc) is 4.02. The second-order valence-corrected chi connectivity index (χ2v) is 15.2. The van der Waals surface area contributed by atoms with Crippen molar-refractivity contribution in [3.8, 4) is 50.6 Å². The van der Waals surface area contributed by atoms with Gasteiger partial charge in [0, 0.05) is 33.0 Å². The van der Waals surface area contributed by atoms with Gasteiger partial charge in [0.2, 0.25) is 0 Å². The third-order valence-corrected chi connectivity index (χ3v) is 12.4. The molecule has 2 aliphatic carbocycles. The van der Waals surface area contributed by atoms with Crippen molar-refractivity contribution >= 4 is 38.5 Å². The SMILES string of the molecule is c1ccc(-c2nc3nc(-c4cccc(-n5c6ccccc6c6cc7c(cc65)-c5ccccc5C75c6ccccc6-c6ccccc65)c4)nn3c3ccccc23)cc1. The van der Waals surface area contributed by atoms with E-state index in [4.69, 9.17) is 15.1 Å². The summed E-state index contributed by atoms with van der Waals surface area (Å²) in [5, 5.41) is 8.57. The largest absolute Gasteiger partial charge is 0.309 e. The molecular weight excluding hydrogens is 695 g/mol. The summed E-state index contributed by atoms with van der Waals surface area (Å²) in [6.45, 7) is 0. The molecule has 264 valence electrons. The quantitative estimate of drug-likeness (QED) is 0.182. The number of aromatic nitrogens is 5. The Balaban J connectivity index is 1.04. The zero-order valence-corrected chi connectivity index (χ0v) is 30.6. The van der Waals surface area contributed by atoms with Gasteiger partial charge in [-0.3, -0.25) is 0 Å². The van der Waals surface area contributed by atoms with Crippen molar-refractivity contribution in [3.63, 3.8) is 0 Å². The van der Waals surface area contributed by atoms with Crippen molar-refractivity contribution < 1.29 is 0 Å². The zero-order chi connectivity index (χ0) is 37.2. The van der Waals surface area contributed by atoms with Gasteiger partial charge in [-0.15, -0.1) is 5.10 Å². The Hall–Kier alpha value is -7.63. The van der Waals surface area contributed by atoms with Crippen LogP contribution in [-0.2, 0) is 5.41 Å². The molecule has 0 unspecified atom stereocenters. The Morgan fingerprint density at radius 2 is 0.982 bits per heavy atom. The first kappa shape index (κ1) is 30.7. The van der Waals surface area contributed by atoms with Crippen LogP contribution in [0.3, 0.4) is 0 Å². The molecule has 0 atom stereocenters. The van der Waals surface area contributed by atoms with E-state index < -0.39 is 5.41 Å². The van der Waals surface area contributed by atoms with Crippen LogP contribution in [0.5, 0.6) is 0 Å². The second kappa shape index (κ2) is 11.2. The van der Waals surface area contributed by atoms with Crippen LogP contribution in [0, 0.1) is 0 Å². The minimum absolute atomic E-state index is 0.399. The van der Waals surface area contributed by atoms with Crippen molar-refractivity contribution in [2.45, 2.75) is 5.41 Å². The van der Waals surface area contributed by atoms with Crippen LogP contribution >= 0.6 is 0 Å². The lowest BCUT2D eigenvalue weighted by molar-refractivity contribution is 0.795. The maximum absolute atomic E-state index is 5.08. The van der Waals surface area contributed by atoms with E-state index in [-0.39, 0.29) is 0 Å². The predicted octanol–water partition coefficient (Wildman–Crippen LogP) is 12.1. The molecule has 5 heteroatoms. The van der Waals surface area contributed by atoms with Crippen molar-refractivity contribution in [2.75, 3.05) is 0 Å². The fourth-order valence-electron chi connectivity index (χ4n) is 10.1. The number of nitrogens with zero attached hydrogens (tertiary/aromatic N) is 5. The van der Waals surface area contributed by atoms with Crippen LogP contribution in [0.1, 0.15) is 22.3 Å². The van der Waals surface area contributed by atoms with E-state index >= 15 is 0 Å². The minimum atomic E-state index is -0.399. The third-order valence-electron chi connectivity index (χ3n) is 12.4. The molecule has 11 aromatic rings. The lowest BCUT2D eigenvalue weighted by Crippen LogP contribution is -2.25. The first-order chi connectivity index (χ1) is 28.3. The monoisotopic (exact) mass is 725 g/mol. The van der Waals surface area contributed by atoms with Crippen LogP contribution < -0.4 is 0 Å². The van der Waals surface area contributed by atoms with Gasteiger partial charge >= 0.3 is 0 Å². The summed E-state index contributed by atoms with van der Waals surface area (Å²) in [6.07, 6.45) is 0. The number of hydrogen-bond donors (Lipinski definition) is 0. The average molecular weight is 726 g/mol. The van der Waals surface area contributed by atoms with Gasteiger partial charge < -0.3 is 4.57 Å². The predicted molar refractivity (Wildman–Crippen MR) is 230 cm³/mol. The van der Waals surface area contributed by atoms with Crippen LogP contribution in [0.2, 0.25) is 0 Å². The van der Waals surface area contributed by atoms with Crippen LogP contribution in [0.25, 0.3) is 89.1 Å². The molecule has 0 amide bonds. The fraction of sp³-hybridized carbons (Fsp3) is 0.0192. The summed E-state index contributed by atoms with van der Waals surface area (Å²) in [4.78, 5) is 10.1. The molecule has 0 fully saturated rings. The van der Waals surface area contributed by atoms with E-state index in [1.807, 2.05) is 28.8 Å². The normalized spacial score (nSPS) is 13.4.